The Labute approximate surface area is 199 Å². The lowest BCUT2D eigenvalue weighted by Crippen LogP contribution is -2.50. The van der Waals surface area contributed by atoms with Gasteiger partial charge in [0.15, 0.2) is 0 Å². The molecule has 1 aliphatic heterocycles. The Balaban J connectivity index is 1.60. The molecular weight excluding hydrogens is 485 g/mol. The van der Waals surface area contributed by atoms with Crippen molar-refractivity contribution in [1.82, 2.24) is 24.6 Å². The van der Waals surface area contributed by atoms with Crippen molar-refractivity contribution in [3.63, 3.8) is 0 Å². The van der Waals surface area contributed by atoms with Crippen molar-refractivity contribution in [2.45, 2.75) is 30.0 Å². The van der Waals surface area contributed by atoms with E-state index >= 15 is 0 Å². The third-order valence-electron chi connectivity index (χ3n) is 5.37. The smallest absolute Gasteiger partial charge is 0.330 e. The Kier molecular flexibility index (Phi) is 6.63. The Bertz CT molecular complexity index is 1350. The Morgan fingerprint density at radius 2 is 1.86 bits per heavy atom. The summed E-state index contributed by atoms with van der Waals surface area (Å²) in [5.41, 5.74) is 6.52. The summed E-state index contributed by atoms with van der Waals surface area (Å²) >= 11 is 0. The molecule has 1 aliphatic rings. The van der Waals surface area contributed by atoms with Gasteiger partial charge in [-0.25, -0.2) is 13.1 Å². The van der Waals surface area contributed by atoms with Crippen LogP contribution in [-0.4, -0.2) is 46.2 Å². The summed E-state index contributed by atoms with van der Waals surface area (Å²) in [7, 11) is -4.48. The van der Waals surface area contributed by atoms with Gasteiger partial charge < -0.3 is 11.1 Å². The maximum atomic E-state index is 13.2. The lowest BCUT2D eigenvalue weighted by molar-refractivity contribution is -0.137. The number of halogens is 3. The van der Waals surface area contributed by atoms with Crippen LogP contribution in [0.15, 0.2) is 72.0 Å². The molecule has 2 heterocycles. The Morgan fingerprint density at radius 3 is 2.54 bits per heavy atom. The molecule has 0 saturated carbocycles. The van der Waals surface area contributed by atoms with Gasteiger partial charge in [-0.15, -0.1) is 5.10 Å². The topological polar surface area (TPSA) is 123 Å². The highest BCUT2D eigenvalue weighted by Crippen LogP contribution is 2.32. The summed E-state index contributed by atoms with van der Waals surface area (Å²) in [4.78, 5) is 12.0. The van der Waals surface area contributed by atoms with E-state index in [9.17, 15) is 26.4 Å². The van der Waals surface area contributed by atoms with Crippen molar-refractivity contribution >= 4 is 15.9 Å². The van der Waals surface area contributed by atoms with Crippen molar-refractivity contribution in [2.24, 2.45) is 5.73 Å². The maximum Gasteiger partial charge on any atom is 0.416 e. The van der Waals surface area contributed by atoms with Gasteiger partial charge in [0.25, 0.3) is 10.0 Å². The Morgan fingerprint density at radius 1 is 1.11 bits per heavy atom. The highest BCUT2D eigenvalue weighted by molar-refractivity contribution is 7.89. The van der Waals surface area contributed by atoms with Gasteiger partial charge >= 0.3 is 6.18 Å². The number of nitrogens with two attached hydrogens (primary N) is 1. The van der Waals surface area contributed by atoms with Crippen LogP contribution in [0.5, 0.6) is 0 Å². The second-order valence-corrected chi connectivity index (χ2v) is 9.61. The van der Waals surface area contributed by atoms with Crippen molar-refractivity contribution in [3.8, 4) is 5.69 Å². The minimum absolute atomic E-state index is 0.153. The molecule has 1 amide bonds. The highest BCUT2D eigenvalue weighted by Gasteiger charge is 2.38. The number of nitrogens with zero attached hydrogens (tertiary/aromatic N) is 4. The summed E-state index contributed by atoms with van der Waals surface area (Å²) in [5.74, 6) is -0.649. The number of benzene rings is 2. The van der Waals surface area contributed by atoms with Crippen LogP contribution < -0.4 is 11.1 Å². The average Bonchev–Trinajstić information content (AvgIpc) is 3.29. The molecule has 2 aromatic carbocycles. The molecule has 1 atom stereocenters. The van der Waals surface area contributed by atoms with E-state index in [-0.39, 0.29) is 6.42 Å². The quantitative estimate of drug-likeness (QED) is 0.505. The fraction of sp³-hybridized carbons (Fsp3) is 0.227. The highest BCUT2D eigenvalue weighted by atomic mass is 32.2. The molecule has 0 fully saturated rings. The number of carbonyl (C=O) groups is 1. The fourth-order valence-electron chi connectivity index (χ4n) is 3.59. The predicted octanol–water partition coefficient (Wildman–Crippen LogP) is 1.99. The van der Waals surface area contributed by atoms with E-state index in [2.05, 4.69) is 15.6 Å². The van der Waals surface area contributed by atoms with Crippen LogP contribution in [-0.2, 0) is 33.8 Å². The molecule has 184 valence electrons. The van der Waals surface area contributed by atoms with Crippen LogP contribution in [0, 0.1) is 0 Å². The zero-order chi connectivity index (χ0) is 25.2. The van der Waals surface area contributed by atoms with E-state index in [0.717, 1.165) is 46.9 Å². The number of hydrogen-bond acceptors (Lipinski definition) is 6. The molecular formula is C22H21F3N6O3S. The van der Waals surface area contributed by atoms with E-state index in [0.29, 0.717) is 24.0 Å². The van der Waals surface area contributed by atoms with Gasteiger partial charge in [0.2, 0.25) is 5.91 Å². The number of rotatable bonds is 7. The molecule has 1 aromatic heterocycles. The third kappa shape index (κ3) is 5.20. The molecule has 1 unspecified atom stereocenters. The molecule has 3 N–H and O–H groups in total. The number of alkyl halides is 3. The van der Waals surface area contributed by atoms with E-state index in [1.54, 1.807) is 6.20 Å². The van der Waals surface area contributed by atoms with Crippen molar-refractivity contribution in [3.05, 3.63) is 83.9 Å². The van der Waals surface area contributed by atoms with Gasteiger partial charge in [-0.2, -0.15) is 13.2 Å². The monoisotopic (exact) mass is 506 g/mol. The minimum atomic E-state index is -4.72. The molecule has 13 heteroatoms. The summed E-state index contributed by atoms with van der Waals surface area (Å²) in [6.45, 7) is 0.518. The maximum absolute atomic E-state index is 13.2. The molecule has 3 aromatic rings. The lowest BCUT2D eigenvalue weighted by atomic mass is 10.1. The molecule has 9 nitrogen and oxygen atoms in total. The first-order valence-corrected chi connectivity index (χ1v) is 11.9. The van der Waals surface area contributed by atoms with Crippen LogP contribution in [0.1, 0.15) is 16.8 Å². The first-order chi connectivity index (χ1) is 16.6. The fourth-order valence-corrected chi connectivity index (χ4v) is 5.09. The second-order valence-electron chi connectivity index (χ2n) is 7.76. The summed E-state index contributed by atoms with van der Waals surface area (Å²) in [5, 5.41) is 10.5. The van der Waals surface area contributed by atoms with Crippen LogP contribution in [0.2, 0.25) is 0 Å². The van der Waals surface area contributed by atoms with Crippen molar-refractivity contribution in [1.29, 1.82) is 0 Å². The molecule has 0 bridgehead atoms. The molecule has 0 saturated heterocycles. The SMILES string of the molecule is NCCc1ccc(-n2cc(CC3C(=O)NC=CN3S(=O)(=O)c3cccc(C(F)(F)F)c3)nn2)cc1. The molecule has 35 heavy (non-hydrogen) atoms. The number of amides is 1. The second kappa shape index (κ2) is 9.50. The van der Waals surface area contributed by atoms with Crippen LogP contribution in [0.3, 0.4) is 0 Å². The summed E-state index contributed by atoms with van der Waals surface area (Å²) < 4.78 is 68.0. The van der Waals surface area contributed by atoms with Gasteiger partial charge in [-0.1, -0.05) is 23.4 Å². The van der Waals surface area contributed by atoms with Gasteiger partial charge in [0.05, 0.1) is 28.0 Å². The minimum Gasteiger partial charge on any atom is -0.330 e. The van der Waals surface area contributed by atoms with E-state index in [4.69, 9.17) is 5.73 Å². The van der Waals surface area contributed by atoms with Gasteiger partial charge in [-0.3, -0.25) is 9.10 Å². The molecule has 0 spiro atoms. The third-order valence-corrected chi connectivity index (χ3v) is 7.15. The summed E-state index contributed by atoms with van der Waals surface area (Å²) in [6.07, 6.45) is -0.380. The zero-order valence-corrected chi connectivity index (χ0v) is 19.0. The molecule has 0 aliphatic carbocycles. The predicted molar refractivity (Wildman–Crippen MR) is 119 cm³/mol. The van der Waals surface area contributed by atoms with Gasteiger partial charge in [-0.05, 0) is 48.9 Å². The molecule has 0 radical (unpaired) electrons. The first-order valence-electron chi connectivity index (χ1n) is 10.5. The summed E-state index contributed by atoms with van der Waals surface area (Å²) in [6, 6.07) is 9.52. The van der Waals surface area contributed by atoms with E-state index < -0.39 is 38.6 Å². The van der Waals surface area contributed by atoms with Gasteiger partial charge in [0.1, 0.15) is 6.04 Å². The lowest BCUT2D eigenvalue weighted by Gasteiger charge is -2.31. The Hall–Kier alpha value is -3.71. The largest absolute Gasteiger partial charge is 0.416 e. The number of carbonyl (C=O) groups excluding carboxylic acids is 1. The number of hydrogen-bond donors (Lipinski definition) is 2. The zero-order valence-electron chi connectivity index (χ0n) is 18.2. The standard InChI is InChI=1S/C22H21F3N6O3S/c23-22(24,25)16-2-1-3-19(12-16)35(33,34)31-11-10-27-21(32)20(31)13-17-14-30(29-28-17)18-6-4-15(5-7-18)8-9-26/h1-7,10-12,14,20H,8-9,13,26H2,(H,27,32). The van der Waals surface area contributed by atoms with Gasteiger partial charge in [0, 0.05) is 18.8 Å². The molecule has 4 rings (SSSR count). The van der Waals surface area contributed by atoms with Crippen molar-refractivity contribution < 1.29 is 26.4 Å². The van der Waals surface area contributed by atoms with Crippen molar-refractivity contribution in [2.75, 3.05) is 6.54 Å². The number of sulfonamides is 1. The number of nitrogens with one attached hydrogen (secondary N) is 1. The average molecular weight is 507 g/mol. The normalized spacial score (nSPS) is 16.4. The first kappa shape index (κ1) is 24.4. The van der Waals surface area contributed by atoms with Crippen LogP contribution in [0.25, 0.3) is 5.69 Å². The van der Waals surface area contributed by atoms with E-state index in [1.165, 1.54) is 4.68 Å². The van der Waals surface area contributed by atoms with Crippen LogP contribution >= 0.6 is 0 Å². The van der Waals surface area contributed by atoms with E-state index in [1.807, 2.05) is 24.3 Å². The van der Waals surface area contributed by atoms with Crippen LogP contribution in [0.4, 0.5) is 13.2 Å². The number of aromatic nitrogens is 3.